The lowest BCUT2D eigenvalue weighted by Crippen LogP contribution is -2.22. The highest BCUT2D eigenvalue weighted by molar-refractivity contribution is 7.90. The Kier molecular flexibility index (Phi) is 3.59. The summed E-state index contributed by atoms with van der Waals surface area (Å²) in [4.78, 5) is 16.3. The van der Waals surface area contributed by atoms with E-state index in [0.717, 1.165) is 19.1 Å². The maximum atomic E-state index is 12.3. The van der Waals surface area contributed by atoms with Crippen LogP contribution in [-0.4, -0.2) is 48.8 Å². The molecule has 1 amide bonds. The summed E-state index contributed by atoms with van der Waals surface area (Å²) in [5.41, 5.74) is -0.230. The molecule has 1 saturated carbocycles. The van der Waals surface area contributed by atoms with Gasteiger partial charge in [0.15, 0.2) is 21.3 Å². The molecule has 0 radical (unpaired) electrons. The van der Waals surface area contributed by atoms with Gasteiger partial charge in [-0.25, -0.2) is 13.4 Å². The van der Waals surface area contributed by atoms with Crippen LogP contribution in [0.4, 0.5) is 17.3 Å². The van der Waals surface area contributed by atoms with E-state index < -0.39 is 22.7 Å². The van der Waals surface area contributed by atoms with E-state index in [-0.39, 0.29) is 28.1 Å². The topological polar surface area (TPSA) is 126 Å². The first-order valence-corrected chi connectivity index (χ1v) is 9.31. The average molecular weight is 365 g/mol. The third-order valence-corrected chi connectivity index (χ3v) is 4.60. The Balaban J connectivity index is 2.00. The van der Waals surface area contributed by atoms with E-state index in [1.807, 2.05) is 5.32 Å². The molecule has 1 aliphatic carbocycles. The molecule has 25 heavy (non-hydrogen) atoms. The van der Waals surface area contributed by atoms with Gasteiger partial charge in [0.05, 0.1) is 5.69 Å². The third kappa shape index (κ3) is 4.02. The van der Waals surface area contributed by atoms with Crippen LogP contribution in [-0.2, 0) is 9.84 Å². The number of pyridine rings is 1. The highest BCUT2D eigenvalue weighted by Crippen LogP contribution is 2.28. The fourth-order valence-electron chi connectivity index (χ4n) is 2.13. The van der Waals surface area contributed by atoms with Gasteiger partial charge in [-0.05, 0) is 25.0 Å². The van der Waals surface area contributed by atoms with Crippen LogP contribution >= 0.6 is 0 Å². The molecular weight excluding hydrogens is 344 g/mol. The smallest absolute Gasteiger partial charge is 0.273 e. The van der Waals surface area contributed by atoms with Crippen LogP contribution in [0.1, 0.15) is 27.4 Å². The summed E-state index contributed by atoms with van der Waals surface area (Å²) in [6.07, 6.45) is 4.37. The molecule has 2 aromatic rings. The summed E-state index contributed by atoms with van der Waals surface area (Å²) in [5, 5.41) is 15.4. The molecule has 0 saturated heterocycles. The number of carbonyl (C=O) groups excluding carboxylic acids is 1. The minimum atomic E-state index is -3.60. The number of amides is 1. The van der Waals surface area contributed by atoms with Gasteiger partial charge < -0.3 is 16.0 Å². The summed E-state index contributed by atoms with van der Waals surface area (Å²) >= 11 is 0. The van der Waals surface area contributed by atoms with E-state index in [0.29, 0.717) is 5.82 Å². The molecule has 3 N–H and O–H groups in total. The van der Waals surface area contributed by atoms with Crippen molar-refractivity contribution in [2.45, 2.75) is 23.8 Å². The maximum Gasteiger partial charge on any atom is 0.273 e. The van der Waals surface area contributed by atoms with E-state index in [9.17, 15) is 13.2 Å². The van der Waals surface area contributed by atoms with Gasteiger partial charge in [-0.2, -0.15) is 0 Å². The van der Waals surface area contributed by atoms with Crippen molar-refractivity contribution in [2.24, 2.45) is 0 Å². The zero-order valence-corrected chi connectivity index (χ0v) is 14.1. The second kappa shape index (κ2) is 6.63. The molecule has 3 rings (SSSR count). The molecule has 0 unspecified atom stereocenters. The molecule has 9 nitrogen and oxygen atoms in total. The van der Waals surface area contributed by atoms with Crippen LogP contribution in [0.5, 0.6) is 0 Å². The van der Waals surface area contributed by atoms with Crippen molar-refractivity contribution in [3.63, 3.8) is 0 Å². The largest absolute Gasteiger partial charge is 0.366 e. The first-order chi connectivity index (χ1) is 13.0. The van der Waals surface area contributed by atoms with Crippen molar-refractivity contribution in [3.8, 4) is 0 Å². The van der Waals surface area contributed by atoms with Crippen LogP contribution in [0.3, 0.4) is 0 Å². The molecule has 0 aliphatic heterocycles. The first kappa shape index (κ1) is 13.5. The van der Waals surface area contributed by atoms with E-state index in [1.54, 1.807) is 0 Å². The van der Waals surface area contributed by atoms with Crippen molar-refractivity contribution in [3.05, 3.63) is 30.1 Å². The molecule has 0 bridgehead atoms. The Bertz CT molecular complexity index is 1010. The normalized spacial score (nSPS) is 16.3. The Hall–Kier alpha value is -2.75. The van der Waals surface area contributed by atoms with Crippen molar-refractivity contribution >= 4 is 33.1 Å². The lowest BCUT2D eigenvalue weighted by atomic mass is 10.3. The van der Waals surface area contributed by atoms with Crippen LogP contribution < -0.4 is 16.0 Å². The number of hydrogen-bond acceptors (Lipinski definition) is 8. The van der Waals surface area contributed by atoms with Crippen molar-refractivity contribution in [2.75, 3.05) is 23.9 Å². The van der Waals surface area contributed by atoms with Gasteiger partial charge in [0.25, 0.3) is 5.91 Å². The molecule has 2 aromatic heterocycles. The predicted molar refractivity (Wildman–Crippen MR) is 92.7 cm³/mol. The monoisotopic (exact) mass is 365 g/mol. The fraction of sp³-hybridized carbons (Fsp3) is 0.333. The molecule has 0 spiro atoms. The zero-order valence-electron chi connectivity index (χ0n) is 16.3. The average Bonchev–Trinajstić information content (AvgIpc) is 3.37. The summed E-state index contributed by atoms with van der Waals surface area (Å²) in [6, 6.07) is 4.55. The molecular formula is C15H18N6O3S. The Morgan fingerprint density at radius 2 is 2.16 bits per heavy atom. The lowest BCUT2D eigenvalue weighted by Gasteiger charge is -2.13. The molecule has 1 aliphatic rings. The third-order valence-electron chi connectivity index (χ3n) is 3.48. The summed E-state index contributed by atoms with van der Waals surface area (Å²) in [6.45, 7) is -2.72. The van der Waals surface area contributed by atoms with Crippen LogP contribution in [0, 0.1) is 0 Å². The highest BCUT2D eigenvalue weighted by atomic mass is 32.2. The minimum Gasteiger partial charge on any atom is -0.366 e. The number of aromatic nitrogens is 3. The van der Waals surface area contributed by atoms with Crippen LogP contribution in [0.2, 0.25) is 0 Å². The molecule has 1 fully saturated rings. The van der Waals surface area contributed by atoms with Gasteiger partial charge in [-0.3, -0.25) is 4.79 Å². The van der Waals surface area contributed by atoms with Gasteiger partial charge in [0, 0.05) is 35.6 Å². The fourth-order valence-corrected chi connectivity index (χ4v) is 2.91. The van der Waals surface area contributed by atoms with Crippen LogP contribution in [0.15, 0.2) is 29.3 Å². The number of nitrogens with one attached hydrogen (secondary N) is 3. The summed E-state index contributed by atoms with van der Waals surface area (Å²) in [7, 11) is -3.60. The molecule has 10 heteroatoms. The predicted octanol–water partition coefficient (Wildman–Crippen LogP) is 0.953. The summed E-state index contributed by atoms with van der Waals surface area (Å²) < 4.78 is 45.6. The minimum absolute atomic E-state index is 0.0155. The van der Waals surface area contributed by atoms with Gasteiger partial charge in [0.2, 0.25) is 0 Å². The van der Waals surface area contributed by atoms with Crippen molar-refractivity contribution in [1.29, 1.82) is 0 Å². The van der Waals surface area contributed by atoms with E-state index >= 15 is 0 Å². The first-order valence-electron chi connectivity index (χ1n) is 8.92. The number of rotatable bonds is 6. The molecule has 0 atom stereocenters. The van der Waals surface area contributed by atoms with Crippen LogP contribution in [0.25, 0.3) is 0 Å². The standard InChI is InChI=1S/C15H18N6O3S/c1-16-15(22)13-10(8-12(20-21-13)18-9-5-6-9)19-14-11(25(2,23)24)4-3-7-17-14/h3-4,7-9H,5-6H2,1-2H3,(H,16,22)(H2,17,18,19,20)/i1D3. The van der Waals surface area contributed by atoms with Gasteiger partial charge in [-0.15, -0.1) is 10.2 Å². The number of carbonyl (C=O) groups is 1. The lowest BCUT2D eigenvalue weighted by molar-refractivity contribution is 0.0958. The molecule has 132 valence electrons. The Morgan fingerprint density at radius 1 is 1.36 bits per heavy atom. The zero-order chi connectivity index (χ0) is 20.5. The second-order valence-electron chi connectivity index (χ2n) is 5.61. The number of hydrogen-bond donors (Lipinski definition) is 3. The van der Waals surface area contributed by atoms with Gasteiger partial charge in [0.1, 0.15) is 10.7 Å². The van der Waals surface area contributed by atoms with Gasteiger partial charge >= 0.3 is 0 Å². The maximum absolute atomic E-state index is 12.3. The quantitative estimate of drug-likeness (QED) is 0.691. The van der Waals surface area contributed by atoms with E-state index in [2.05, 4.69) is 25.8 Å². The molecule has 0 aromatic carbocycles. The van der Waals surface area contributed by atoms with Gasteiger partial charge in [-0.1, -0.05) is 0 Å². The number of sulfone groups is 1. The van der Waals surface area contributed by atoms with Crippen molar-refractivity contribution in [1.82, 2.24) is 20.5 Å². The Morgan fingerprint density at radius 3 is 2.84 bits per heavy atom. The van der Waals surface area contributed by atoms with E-state index in [1.165, 1.54) is 24.4 Å². The SMILES string of the molecule is [2H]C([2H])([2H])NC(=O)c1nnc(NC2CC2)cc1Nc1ncccc1S(C)(=O)=O. The highest BCUT2D eigenvalue weighted by Gasteiger charge is 2.23. The molecule has 2 heterocycles. The second-order valence-corrected chi connectivity index (χ2v) is 7.60. The Labute approximate surface area is 149 Å². The number of nitrogens with zero attached hydrogens (tertiary/aromatic N) is 3. The summed E-state index contributed by atoms with van der Waals surface area (Å²) in [5.74, 6) is -0.629. The number of anilines is 3. The van der Waals surface area contributed by atoms with Crippen molar-refractivity contribution < 1.29 is 17.3 Å². The van der Waals surface area contributed by atoms with E-state index in [4.69, 9.17) is 4.11 Å².